The minimum absolute atomic E-state index is 1.12. The molecule has 0 unspecified atom stereocenters. The molecule has 252 valence electrons. The lowest BCUT2D eigenvalue weighted by Crippen LogP contribution is -2.09. The van der Waals surface area contributed by atoms with Crippen molar-refractivity contribution in [2.45, 2.75) is 0 Å². The van der Waals surface area contributed by atoms with E-state index in [4.69, 9.17) is 0 Å². The Kier molecular flexibility index (Phi) is 7.11. The van der Waals surface area contributed by atoms with Crippen LogP contribution >= 0.6 is 11.3 Å². The third kappa shape index (κ3) is 5.07. The van der Waals surface area contributed by atoms with Crippen LogP contribution in [-0.2, 0) is 0 Å². The topological polar surface area (TPSA) is 3.24 Å². The van der Waals surface area contributed by atoms with Crippen LogP contribution in [0.25, 0.3) is 85.5 Å². The van der Waals surface area contributed by atoms with Gasteiger partial charge in [0.05, 0.1) is 0 Å². The normalized spacial score (nSPS) is 11.7. The Hall–Kier alpha value is -6.74. The summed E-state index contributed by atoms with van der Waals surface area (Å²) in [7, 11) is 0. The van der Waals surface area contributed by atoms with E-state index < -0.39 is 0 Å². The molecular formula is C52H33NS. The average molecular weight is 704 g/mol. The summed E-state index contributed by atoms with van der Waals surface area (Å²) in [5.41, 5.74) is 8.29. The summed E-state index contributed by atoms with van der Waals surface area (Å²) in [6.07, 6.45) is 0. The molecule has 0 fully saturated rings. The van der Waals surface area contributed by atoms with Crippen LogP contribution in [0, 0.1) is 0 Å². The molecule has 1 aromatic heterocycles. The fourth-order valence-electron chi connectivity index (χ4n) is 8.39. The second kappa shape index (κ2) is 12.4. The first kappa shape index (κ1) is 30.8. The Morgan fingerprint density at radius 1 is 0.278 bits per heavy atom. The molecule has 0 spiro atoms. The van der Waals surface area contributed by atoms with Crippen LogP contribution in [0.15, 0.2) is 200 Å². The Balaban J connectivity index is 1.05. The molecule has 2 heteroatoms. The molecule has 11 rings (SSSR count). The molecule has 11 aromatic rings. The summed E-state index contributed by atoms with van der Waals surface area (Å²) in [5, 5.41) is 12.8. The van der Waals surface area contributed by atoms with Gasteiger partial charge in [-0.2, -0.15) is 0 Å². The lowest BCUT2D eigenvalue weighted by molar-refractivity contribution is 1.29. The van der Waals surface area contributed by atoms with E-state index in [-0.39, 0.29) is 0 Å². The summed E-state index contributed by atoms with van der Waals surface area (Å²) in [6.45, 7) is 0. The first-order valence-corrected chi connectivity index (χ1v) is 19.3. The van der Waals surface area contributed by atoms with Gasteiger partial charge in [-0.1, -0.05) is 146 Å². The Morgan fingerprint density at radius 3 is 1.56 bits per heavy atom. The lowest BCUT2D eigenvalue weighted by Gasteiger charge is -2.26. The van der Waals surface area contributed by atoms with Crippen molar-refractivity contribution in [3.8, 4) is 22.3 Å². The van der Waals surface area contributed by atoms with E-state index in [0.717, 1.165) is 17.1 Å². The molecule has 54 heavy (non-hydrogen) atoms. The molecule has 1 nitrogen and oxygen atoms in total. The van der Waals surface area contributed by atoms with Crippen molar-refractivity contribution >= 4 is 91.7 Å². The highest BCUT2D eigenvalue weighted by atomic mass is 32.1. The fourth-order valence-corrected chi connectivity index (χ4v) is 9.56. The SMILES string of the molecule is c1ccc2cc3c(cc2c1)sc1cc(N(c2ccc(-c4cccc5ccccc45)cc2)c2ccc(-c4cc5ccccc5c5ccccc45)cc2)ccc13. The van der Waals surface area contributed by atoms with E-state index in [2.05, 4.69) is 205 Å². The number of hydrogen-bond donors (Lipinski definition) is 0. The Morgan fingerprint density at radius 2 is 0.815 bits per heavy atom. The number of hydrogen-bond acceptors (Lipinski definition) is 2. The van der Waals surface area contributed by atoms with Crippen molar-refractivity contribution in [1.82, 2.24) is 0 Å². The molecule has 0 amide bonds. The van der Waals surface area contributed by atoms with Crippen molar-refractivity contribution in [3.05, 3.63) is 200 Å². The molecule has 1 heterocycles. The summed E-state index contributed by atoms with van der Waals surface area (Å²) in [5.74, 6) is 0. The predicted molar refractivity (Wildman–Crippen MR) is 235 cm³/mol. The number of fused-ring (bicyclic) bond motifs is 8. The van der Waals surface area contributed by atoms with Crippen molar-refractivity contribution in [2.75, 3.05) is 4.90 Å². The van der Waals surface area contributed by atoms with Gasteiger partial charge in [-0.25, -0.2) is 0 Å². The number of benzene rings is 10. The van der Waals surface area contributed by atoms with Crippen LogP contribution in [0.1, 0.15) is 0 Å². The molecule has 0 N–H and O–H groups in total. The van der Waals surface area contributed by atoms with E-state index in [1.54, 1.807) is 0 Å². The quantitative estimate of drug-likeness (QED) is 0.161. The second-order valence-electron chi connectivity index (χ2n) is 14.1. The highest BCUT2D eigenvalue weighted by molar-refractivity contribution is 7.25. The van der Waals surface area contributed by atoms with Crippen molar-refractivity contribution in [1.29, 1.82) is 0 Å². The van der Waals surface area contributed by atoms with Crippen LogP contribution in [0.4, 0.5) is 17.1 Å². The van der Waals surface area contributed by atoms with Crippen LogP contribution in [0.3, 0.4) is 0 Å². The Bertz CT molecular complexity index is 3200. The maximum absolute atomic E-state index is 2.40. The van der Waals surface area contributed by atoms with Gasteiger partial charge in [0.25, 0.3) is 0 Å². The first-order chi connectivity index (χ1) is 26.7. The highest BCUT2D eigenvalue weighted by Gasteiger charge is 2.17. The molecule has 0 radical (unpaired) electrons. The molecule has 0 aliphatic heterocycles. The fraction of sp³-hybridized carbons (Fsp3) is 0. The molecule has 0 aliphatic rings. The predicted octanol–water partition coefficient (Wildman–Crippen LogP) is 15.5. The minimum Gasteiger partial charge on any atom is -0.310 e. The maximum Gasteiger partial charge on any atom is 0.0476 e. The molecule has 0 saturated heterocycles. The van der Waals surface area contributed by atoms with Gasteiger partial charge in [0, 0.05) is 37.2 Å². The Labute approximate surface area is 317 Å². The summed E-state index contributed by atoms with van der Waals surface area (Å²) >= 11 is 1.87. The maximum atomic E-state index is 2.40. The molecule has 0 saturated carbocycles. The van der Waals surface area contributed by atoms with Crippen molar-refractivity contribution in [3.63, 3.8) is 0 Å². The van der Waals surface area contributed by atoms with E-state index in [1.807, 2.05) is 11.3 Å². The van der Waals surface area contributed by atoms with E-state index in [0.29, 0.717) is 0 Å². The lowest BCUT2D eigenvalue weighted by atomic mass is 9.93. The van der Waals surface area contributed by atoms with Gasteiger partial charge in [-0.15, -0.1) is 11.3 Å². The minimum atomic E-state index is 1.12. The van der Waals surface area contributed by atoms with Crippen LogP contribution in [0.2, 0.25) is 0 Å². The van der Waals surface area contributed by atoms with E-state index >= 15 is 0 Å². The number of nitrogens with zero attached hydrogens (tertiary/aromatic N) is 1. The zero-order valence-electron chi connectivity index (χ0n) is 29.4. The molecule has 0 aliphatic carbocycles. The third-order valence-electron chi connectivity index (χ3n) is 11.0. The summed E-state index contributed by atoms with van der Waals surface area (Å²) in [4.78, 5) is 2.40. The van der Waals surface area contributed by atoms with Gasteiger partial charge < -0.3 is 4.90 Å². The first-order valence-electron chi connectivity index (χ1n) is 18.5. The number of thiophene rings is 1. The van der Waals surface area contributed by atoms with Gasteiger partial charge >= 0.3 is 0 Å². The zero-order chi connectivity index (χ0) is 35.6. The number of rotatable bonds is 5. The van der Waals surface area contributed by atoms with Crippen molar-refractivity contribution in [2.24, 2.45) is 0 Å². The molecule has 10 aromatic carbocycles. The molecular weight excluding hydrogens is 671 g/mol. The van der Waals surface area contributed by atoms with Crippen molar-refractivity contribution < 1.29 is 0 Å². The van der Waals surface area contributed by atoms with E-state index in [1.165, 1.54) is 85.5 Å². The van der Waals surface area contributed by atoms with Gasteiger partial charge in [-0.05, 0) is 120 Å². The summed E-state index contributed by atoms with van der Waals surface area (Å²) < 4.78 is 2.60. The number of anilines is 3. The van der Waals surface area contributed by atoms with Crippen LogP contribution in [-0.4, -0.2) is 0 Å². The smallest absolute Gasteiger partial charge is 0.0476 e. The third-order valence-corrected chi connectivity index (χ3v) is 12.1. The highest BCUT2D eigenvalue weighted by Crippen LogP contribution is 2.43. The molecule has 0 bridgehead atoms. The second-order valence-corrected chi connectivity index (χ2v) is 15.2. The largest absolute Gasteiger partial charge is 0.310 e. The molecule has 0 atom stereocenters. The average Bonchev–Trinajstić information content (AvgIpc) is 3.59. The van der Waals surface area contributed by atoms with E-state index in [9.17, 15) is 0 Å². The monoisotopic (exact) mass is 703 g/mol. The van der Waals surface area contributed by atoms with Gasteiger partial charge in [0.15, 0.2) is 0 Å². The zero-order valence-corrected chi connectivity index (χ0v) is 30.2. The summed E-state index contributed by atoms with van der Waals surface area (Å²) in [6, 6.07) is 73.5. The standard InChI is InChI=1S/C52H33NS/c1-2-12-38-32-51-50(30-37(38)11-1)48-29-28-42(33-52(48)54-51)53(40-24-20-35(21-25-40)44-19-9-14-34-10-3-5-15-43(34)44)41-26-22-36(23-27-41)49-31-39-13-4-6-16-45(39)46-17-7-8-18-47(46)49/h1-33H. The van der Waals surface area contributed by atoms with Gasteiger partial charge in [-0.3, -0.25) is 0 Å². The van der Waals surface area contributed by atoms with Crippen LogP contribution in [0.5, 0.6) is 0 Å². The van der Waals surface area contributed by atoms with Gasteiger partial charge in [0.1, 0.15) is 0 Å². The van der Waals surface area contributed by atoms with Crippen LogP contribution < -0.4 is 4.90 Å². The van der Waals surface area contributed by atoms with Gasteiger partial charge in [0.2, 0.25) is 0 Å².